The number of fused-ring (bicyclic) bond motifs is 1. The minimum absolute atomic E-state index is 0.204. The highest BCUT2D eigenvalue weighted by molar-refractivity contribution is 5.89. The van der Waals surface area contributed by atoms with Gasteiger partial charge in [-0.05, 0) is 55.3 Å². The molecule has 0 spiro atoms. The van der Waals surface area contributed by atoms with Crippen LogP contribution < -0.4 is 14.2 Å². The molecule has 0 aliphatic carbocycles. The molecule has 0 radical (unpaired) electrons. The van der Waals surface area contributed by atoms with Gasteiger partial charge in [0.2, 0.25) is 6.79 Å². The van der Waals surface area contributed by atoms with E-state index in [-0.39, 0.29) is 19.3 Å². The van der Waals surface area contributed by atoms with Crippen molar-refractivity contribution >= 4 is 18.0 Å². The molecule has 0 N–H and O–H groups in total. The second-order valence-corrected chi connectivity index (χ2v) is 6.54. The van der Waals surface area contributed by atoms with Gasteiger partial charge in [0.25, 0.3) is 5.91 Å². The van der Waals surface area contributed by atoms with Gasteiger partial charge in [0.15, 0.2) is 18.1 Å². The topological polar surface area (TPSA) is 74.3 Å². The molecule has 7 nitrogen and oxygen atoms in total. The molecule has 2 aromatic rings. The van der Waals surface area contributed by atoms with Gasteiger partial charge in [0.05, 0.1) is 6.61 Å². The van der Waals surface area contributed by atoms with E-state index < -0.39 is 5.97 Å². The molecule has 0 unspecified atom stereocenters. The van der Waals surface area contributed by atoms with Crippen molar-refractivity contribution in [2.45, 2.75) is 20.4 Å². The monoisotopic (exact) mass is 411 g/mol. The van der Waals surface area contributed by atoms with Crippen LogP contribution in [0.1, 0.15) is 25.0 Å². The number of benzene rings is 2. The lowest BCUT2D eigenvalue weighted by Crippen LogP contribution is -2.33. The van der Waals surface area contributed by atoms with Gasteiger partial charge in [-0.15, -0.1) is 0 Å². The molecule has 0 aromatic heterocycles. The highest BCUT2D eigenvalue weighted by Gasteiger charge is 2.17. The van der Waals surface area contributed by atoms with Crippen LogP contribution in [-0.2, 0) is 20.9 Å². The van der Waals surface area contributed by atoms with E-state index in [1.807, 2.05) is 56.3 Å². The van der Waals surface area contributed by atoms with E-state index in [1.54, 1.807) is 11.0 Å². The Morgan fingerprint density at radius 3 is 2.57 bits per heavy atom. The molecule has 1 amide bonds. The highest BCUT2D eigenvalue weighted by atomic mass is 16.7. The van der Waals surface area contributed by atoms with E-state index in [0.717, 1.165) is 16.9 Å². The van der Waals surface area contributed by atoms with Crippen LogP contribution >= 0.6 is 0 Å². The molecule has 1 aliphatic heterocycles. The first-order chi connectivity index (χ1) is 14.6. The number of esters is 1. The third-order valence-corrected chi connectivity index (χ3v) is 4.49. The lowest BCUT2D eigenvalue weighted by molar-refractivity contribution is -0.148. The molecule has 158 valence electrons. The first-order valence-electron chi connectivity index (χ1n) is 9.83. The van der Waals surface area contributed by atoms with Crippen molar-refractivity contribution in [2.24, 2.45) is 0 Å². The van der Waals surface area contributed by atoms with Crippen molar-refractivity contribution in [3.63, 3.8) is 0 Å². The standard InChI is InChI=1S/C23H25NO6/c1-3-24(14-18-7-11-20-21(13-18)30-16-29-20)22(25)15-28-23(26)12-8-17-5-9-19(10-6-17)27-4-2/h5-13H,3-4,14-16H2,1-2H3/b12-8+. The third kappa shape index (κ3) is 5.76. The summed E-state index contributed by atoms with van der Waals surface area (Å²) in [6.45, 7) is 5.16. The number of hydrogen-bond donors (Lipinski definition) is 0. The van der Waals surface area contributed by atoms with Crippen LogP contribution in [0.4, 0.5) is 0 Å². The number of amides is 1. The van der Waals surface area contributed by atoms with Gasteiger partial charge in [0, 0.05) is 19.2 Å². The van der Waals surface area contributed by atoms with E-state index in [2.05, 4.69) is 0 Å². The molecule has 2 aromatic carbocycles. The molecule has 1 aliphatic rings. The second kappa shape index (κ2) is 10.3. The van der Waals surface area contributed by atoms with Crippen LogP contribution in [0.15, 0.2) is 48.5 Å². The highest BCUT2D eigenvalue weighted by Crippen LogP contribution is 2.32. The fraction of sp³-hybridized carbons (Fsp3) is 0.304. The predicted molar refractivity (Wildman–Crippen MR) is 111 cm³/mol. The summed E-state index contributed by atoms with van der Waals surface area (Å²) in [7, 11) is 0. The fourth-order valence-corrected chi connectivity index (χ4v) is 2.91. The maximum atomic E-state index is 12.4. The Hall–Kier alpha value is -3.48. The first kappa shape index (κ1) is 21.2. The first-order valence-corrected chi connectivity index (χ1v) is 9.83. The number of carbonyl (C=O) groups is 2. The van der Waals surface area contributed by atoms with E-state index in [0.29, 0.717) is 31.2 Å². The van der Waals surface area contributed by atoms with Gasteiger partial charge >= 0.3 is 5.97 Å². The third-order valence-electron chi connectivity index (χ3n) is 4.49. The number of hydrogen-bond acceptors (Lipinski definition) is 6. The molecule has 3 rings (SSSR count). The summed E-state index contributed by atoms with van der Waals surface area (Å²) >= 11 is 0. The summed E-state index contributed by atoms with van der Waals surface area (Å²) in [4.78, 5) is 26.0. The van der Waals surface area contributed by atoms with Gasteiger partial charge in [-0.2, -0.15) is 0 Å². The SMILES string of the molecule is CCOc1ccc(/C=C/C(=O)OCC(=O)N(CC)Cc2ccc3c(c2)OCO3)cc1. The van der Waals surface area contributed by atoms with Crippen molar-refractivity contribution in [3.05, 3.63) is 59.7 Å². The molecule has 0 saturated carbocycles. The van der Waals surface area contributed by atoms with E-state index in [4.69, 9.17) is 18.9 Å². The number of nitrogens with zero attached hydrogens (tertiary/aromatic N) is 1. The van der Waals surface area contributed by atoms with Gasteiger partial charge in [-0.3, -0.25) is 4.79 Å². The van der Waals surface area contributed by atoms with Crippen molar-refractivity contribution in [2.75, 3.05) is 26.6 Å². The molecule has 0 bridgehead atoms. The Labute approximate surface area is 175 Å². The van der Waals surface area contributed by atoms with Crippen molar-refractivity contribution in [1.82, 2.24) is 4.90 Å². The van der Waals surface area contributed by atoms with Crippen molar-refractivity contribution < 1.29 is 28.5 Å². The summed E-state index contributed by atoms with van der Waals surface area (Å²) < 4.78 is 21.1. The molecule has 0 atom stereocenters. The number of likely N-dealkylation sites (N-methyl/N-ethyl adjacent to an activating group) is 1. The lowest BCUT2D eigenvalue weighted by atomic mass is 10.2. The fourth-order valence-electron chi connectivity index (χ4n) is 2.91. The average molecular weight is 411 g/mol. The van der Waals surface area contributed by atoms with Crippen LogP contribution in [0.2, 0.25) is 0 Å². The maximum Gasteiger partial charge on any atom is 0.331 e. The Balaban J connectivity index is 1.48. The van der Waals surface area contributed by atoms with Crippen molar-refractivity contribution in [3.8, 4) is 17.2 Å². The van der Waals surface area contributed by atoms with Crippen LogP contribution in [0.5, 0.6) is 17.2 Å². The summed E-state index contributed by atoms with van der Waals surface area (Å²) in [5.74, 6) is 1.29. The molecular weight excluding hydrogens is 386 g/mol. The zero-order valence-corrected chi connectivity index (χ0v) is 17.1. The van der Waals surface area contributed by atoms with Gasteiger partial charge in [-0.1, -0.05) is 18.2 Å². The van der Waals surface area contributed by atoms with Crippen LogP contribution in [0.3, 0.4) is 0 Å². The molecule has 0 saturated heterocycles. The molecular formula is C23H25NO6. The Morgan fingerprint density at radius 2 is 1.83 bits per heavy atom. The number of rotatable bonds is 9. The average Bonchev–Trinajstić information content (AvgIpc) is 3.23. The van der Waals surface area contributed by atoms with E-state index in [1.165, 1.54) is 6.08 Å². The minimum Gasteiger partial charge on any atom is -0.494 e. The lowest BCUT2D eigenvalue weighted by Gasteiger charge is -2.20. The zero-order chi connectivity index (χ0) is 21.3. The predicted octanol–water partition coefficient (Wildman–Crippen LogP) is 3.42. The summed E-state index contributed by atoms with van der Waals surface area (Å²) in [5, 5.41) is 0. The van der Waals surface area contributed by atoms with Gasteiger partial charge in [0.1, 0.15) is 5.75 Å². The summed E-state index contributed by atoms with van der Waals surface area (Å²) in [6, 6.07) is 12.9. The van der Waals surface area contributed by atoms with Gasteiger partial charge in [-0.25, -0.2) is 4.79 Å². The summed E-state index contributed by atoms with van der Waals surface area (Å²) in [6.07, 6.45) is 2.93. The quantitative estimate of drug-likeness (QED) is 0.465. The summed E-state index contributed by atoms with van der Waals surface area (Å²) in [5.41, 5.74) is 1.75. The van der Waals surface area contributed by atoms with E-state index >= 15 is 0 Å². The van der Waals surface area contributed by atoms with Gasteiger partial charge < -0.3 is 23.8 Å². The Morgan fingerprint density at radius 1 is 1.07 bits per heavy atom. The molecule has 0 fully saturated rings. The van der Waals surface area contributed by atoms with Crippen molar-refractivity contribution in [1.29, 1.82) is 0 Å². The normalized spacial score (nSPS) is 12.1. The second-order valence-electron chi connectivity index (χ2n) is 6.54. The van der Waals surface area contributed by atoms with E-state index in [9.17, 15) is 9.59 Å². The Bertz CT molecular complexity index is 906. The zero-order valence-electron chi connectivity index (χ0n) is 17.1. The number of carbonyl (C=O) groups excluding carboxylic acids is 2. The molecule has 7 heteroatoms. The Kier molecular flexibility index (Phi) is 7.32. The van der Waals surface area contributed by atoms with Crippen LogP contribution in [-0.4, -0.2) is 43.3 Å². The maximum absolute atomic E-state index is 12.4. The largest absolute Gasteiger partial charge is 0.494 e. The van der Waals surface area contributed by atoms with Crippen LogP contribution in [0.25, 0.3) is 6.08 Å². The smallest absolute Gasteiger partial charge is 0.331 e. The molecule has 1 heterocycles. The number of ether oxygens (including phenoxy) is 4. The minimum atomic E-state index is -0.573. The van der Waals surface area contributed by atoms with Crippen LogP contribution in [0, 0.1) is 0 Å². The molecule has 30 heavy (non-hydrogen) atoms.